The van der Waals surface area contributed by atoms with Crippen LogP contribution in [0.5, 0.6) is 0 Å². The summed E-state index contributed by atoms with van der Waals surface area (Å²) in [7, 11) is 0. The van der Waals surface area contributed by atoms with E-state index in [2.05, 4.69) is 12.1 Å². The second-order valence-electron chi connectivity index (χ2n) is 14.5. The van der Waals surface area contributed by atoms with Crippen LogP contribution in [0.4, 0.5) is 5.69 Å². The van der Waals surface area contributed by atoms with Gasteiger partial charge in [-0.3, -0.25) is 28.5 Å². The molecule has 52 heavy (non-hydrogen) atoms. The van der Waals surface area contributed by atoms with Gasteiger partial charge in [0.15, 0.2) is 11.6 Å². The molecular formula is C44H35N3O5. The Balaban J connectivity index is 1.18. The molecule has 0 spiro atoms. The van der Waals surface area contributed by atoms with Gasteiger partial charge in [-0.2, -0.15) is 0 Å². The highest BCUT2D eigenvalue weighted by molar-refractivity contribution is 6.40. The van der Waals surface area contributed by atoms with Crippen LogP contribution in [0.25, 0.3) is 21.7 Å². The molecule has 0 atom stereocenters. The third kappa shape index (κ3) is 4.66. The van der Waals surface area contributed by atoms with Gasteiger partial charge in [0.25, 0.3) is 17.4 Å². The van der Waals surface area contributed by atoms with E-state index in [9.17, 15) is 24.0 Å². The summed E-state index contributed by atoms with van der Waals surface area (Å²) in [5.74, 6) is -2.90. The fourth-order valence-corrected chi connectivity index (χ4v) is 8.79. The molecule has 256 valence electrons. The van der Waals surface area contributed by atoms with Crippen LogP contribution in [0.1, 0.15) is 113 Å². The SMILES string of the molecule is Cc1ccc2nc(C3C(=O)c4ccc5c6c(ccc(c46)C3=O)C(=O)N(c3c(C)cc(C4CCCC4)cc3C)C5=O)n(Cc3ccccc3)c(=O)c2c1. The summed E-state index contributed by atoms with van der Waals surface area (Å²) in [4.78, 5) is 78.0. The summed E-state index contributed by atoms with van der Waals surface area (Å²) < 4.78 is 1.43. The maximum absolute atomic E-state index is 14.6. The number of aromatic nitrogens is 2. The molecule has 8 nitrogen and oxygen atoms in total. The van der Waals surface area contributed by atoms with Gasteiger partial charge in [-0.05, 0) is 98.2 Å². The Hall–Kier alpha value is -6.02. The van der Waals surface area contributed by atoms with Crippen molar-refractivity contribution in [1.29, 1.82) is 0 Å². The van der Waals surface area contributed by atoms with E-state index in [0.717, 1.165) is 35.1 Å². The molecule has 0 saturated heterocycles. The minimum atomic E-state index is -1.40. The Labute approximate surface area is 299 Å². The van der Waals surface area contributed by atoms with E-state index in [1.165, 1.54) is 27.9 Å². The standard InChI is InChI=1S/C44H35N3O5/c1-23-13-18-34-33(19-23)42(50)46(22-26-9-5-4-6-10-26)41(45-34)37-39(48)29-14-16-31-36-32(17-15-30(35(29)36)40(37)49)44(52)47(43(31)51)38-24(2)20-28(21-25(38)3)27-11-7-8-12-27/h4-6,9-10,13-21,27,37H,7-8,11-12,22H2,1-3H3. The molecular weight excluding hydrogens is 651 g/mol. The van der Waals surface area contributed by atoms with Crippen LogP contribution in [0.15, 0.2) is 89.7 Å². The first-order valence-corrected chi connectivity index (χ1v) is 17.9. The number of rotatable bonds is 5. The maximum atomic E-state index is 14.6. The number of hydrogen-bond donors (Lipinski definition) is 0. The van der Waals surface area contributed by atoms with Gasteiger partial charge >= 0.3 is 0 Å². The van der Waals surface area contributed by atoms with Crippen molar-refractivity contribution < 1.29 is 19.2 Å². The van der Waals surface area contributed by atoms with Crippen molar-refractivity contribution in [2.75, 3.05) is 4.90 Å². The van der Waals surface area contributed by atoms with Gasteiger partial charge in [0.1, 0.15) is 11.7 Å². The zero-order valence-corrected chi connectivity index (χ0v) is 29.2. The molecule has 3 aliphatic rings. The number of fused-ring (bicyclic) bond motifs is 1. The van der Waals surface area contributed by atoms with Crippen molar-refractivity contribution in [2.45, 2.75) is 64.8 Å². The number of amides is 2. The largest absolute Gasteiger partial charge is 0.293 e. The summed E-state index contributed by atoms with van der Waals surface area (Å²) >= 11 is 0. The number of nitrogens with zero attached hydrogens (tertiary/aromatic N) is 3. The third-order valence-corrected chi connectivity index (χ3v) is 11.2. The van der Waals surface area contributed by atoms with Crippen LogP contribution < -0.4 is 10.5 Å². The molecule has 8 heteroatoms. The van der Waals surface area contributed by atoms with Crippen molar-refractivity contribution in [2.24, 2.45) is 0 Å². The number of carbonyl (C=O) groups excluding carboxylic acids is 4. The molecule has 6 aromatic rings. The van der Waals surface area contributed by atoms with Crippen molar-refractivity contribution in [3.63, 3.8) is 0 Å². The number of aryl methyl sites for hydroxylation is 3. The summed E-state index contributed by atoms with van der Waals surface area (Å²) in [5, 5.41) is 0.999. The highest BCUT2D eigenvalue weighted by Crippen LogP contribution is 2.44. The number of imide groups is 1. The van der Waals surface area contributed by atoms with Crippen LogP contribution in [0, 0.1) is 20.8 Å². The van der Waals surface area contributed by atoms with Crippen LogP contribution >= 0.6 is 0 Å². The molecule has 2 amide bonds. The fraction of sp³-hybridized carbons (Fsp3) is 0.227. The zero-order valence-electron chi connectivity index (χ0n) is 29.2. The second-order valence-corrected chi connectivity index (χ2v) is 14.5. The number of carbonyl (C=O) groups is 4. The molecule has 1 aliphatic heterocycles. The summed E-state index contributed by atoms with van der Waals surface area (Å²) in [6.07, 6.45) is 4.69. The minimum Gasteiger partial charge on any atom is -0.293 e. The van der Waals surface area contributed by atoms with Crippen molar-refractivity contribution in [3.8, 4) is 0 Å². The number of hydrogen-bond acceptors (Lipinski definition) is 6. The molecule has 5 aromatic carbocycles. The minimum absolute atomic E-state index is 0.0598. The van der Waals surface area contributed by atoms with Gasteiger partial charge in [0.2, 0.25) is 0 Å². The lowest BCUT2D eigenvalue weighted by Crippen LogP contribution is -2.42. The molecule has 0 radical (unpaired) electrons. The highest BCUT2D eigenvalue weighted by Gasteiger charge is 2.44. The van der Waals surface area contributed by atoms with Crippen LogP contribution in [-0.4, -0.2) is 32.9 Å². The molecule has 0 N–H and O–H groups in total. The molecule has 2 heterocycles. The van der Waals surface area contributed by atoms with E-state index in [-0.39, 0.29) is 40.2 Å². The molecule has 1 saturated carbocycles. The lowest BCUT2D eigenvalue weighted by molar-refractivity contribution is 0.0840. The summed E-state index contributed by atoms with van der Waals surface area (Å²) in [6, 6.07) is 25.2. The topological polar surface area (TPSA) is 106 Å². The first kappa shape index (κ1) is 31.9. The van der Waals surface area contributed by atoms with Crippen molar-refractivity contribution in [3.05, 3.63) is 151 Å². The van der Waals surface area contributed by atoms with Gasteiger partial charge in [-0.25, -0.2) is 9.88 Å². The van der Waals surface area contributed by atoms with E-state index in [1.807, 2.05) is 57.2 Å². The van der Waals surface area contributed by atoms with Gasteiger partial charge in [-0.15, -0.1) is 0 Å². The molecule has 2 aliphatic carbocycles. The average Bonchev–Trinajstić information content (AvgIpc) is 3.68. The molecule has 9 rings (SSSR count). The quantitative estimate of drug-likeness (QED) is 0.134. The Bertz CT molecular complexity index is 2560. The Kier molecular flexibility index (Phi) is 7.23. The lowest BCUT2D eigenvalue weighted by atomic mass is 9.76. The Morgan fingerprint density at radius 1 is 0.673 bits per heavy atom. The van der Waals surface area contributed by atoms with Gasteiger partial charge in [0.05, 0.1) is 23.1 Å². The average molecular weight is 686 g/mol. The van der Waals surface area contributed by atoms with Gasteiger partial charge in [0, 0.05) is 33.0 Å². The Morgan fingerprint density at radius 2 is 1.25 bits per heavy atom. The highest BCUT2D eigenvalue weighted by atomic mass is 16.2. The number of Topliss-reactive ketones (excluding diaryl/α,β-unsaturated/α-hetero) is 2. The zero-order chi connectivity index (χ0) is 36.0. The molecule has 0 bridgehead atoms. The van der Waals surface area contributed by atoms with E-state index >= 15 is 0 Å². The monoisotopic (exact) mass is 685 g/mol. The van der Waals surface area contributed by atoms with Crippen LogP contribution in [0.3, 0.4) is 0 Å². The maximum Gasteiger partial charge on any atom is 0.266 e. The summed E-state index contributed by atoms with van der Waals surface area (Å²) in [5.41, 5.74) is 6.21. The van der Waals surface area contributed by atoms with Crippen molar-refractivity contribution in [1.82, 2.24) is 9.55 Å². The molecule has 1 fully saturated rings. The van der Waals surface area contributed by atoms with Crippen LogP contribution in [0.2, 0.25) is 0 Å². The normalized spacial score (nSPS) is 16.2. The van der Waals surface area contributed by atoms with E-state index in [4.69, 9.17) is 4.98 Å². The third-order valence-electron chi connectivity index (χ3n) is 11.2. The number of ketones is 2. The molecule has 0 unspecified atom stereocenters. The number of anilines is 1. The predicted octanol–water partition coefficient (Wildman–Crippen LogP) is 8.14. The van der Waals surface area contributed by atoms with E-state index in [1.54, 1.807) is 36.4 Å². The van der Waals surface area contributed by atoms with Gasteiger partial charge < -0.3 is 0 Å². The number of benzene rings is 5. The second kappa shape index (κ2) is 11.8. The molecule has 1 aromatic heterocycles. The summed E-state index contributed by atoms with van der Waals surface area (Å²) in [6.45, 7) is 5.88. The van der Waals surface area contributed by atoms with Gasteiger partial charge in [-0.1, -0.05) is 66.9 Å². The smallest absolute Gasteiger partial charge is 0.266 e. The first-order chi connectivity index (χ1) is 25.1. The van der Waals surface area contributed by atoms with E-state index in [0.29, 0.717) is 33.3 Å². The van der Waals surface area contributed by atoms with E-state index < -0.39 is 29.3 Å². The predicted molar refractivity (Wildman–Crippen MR) is 200 cm³/mol. The fourth-order valence-electron chi connectivity index (χ4n) is 8.79. The Morgan fingerprint density at radius 3 is 1.87 bits per heavy atom. The van der Waals surface area contributed by atoms with Crippen LogP contribution in [-0.2, 0) is 6.54 Å². The lowest BCUT2D eigenvalue weighted by Gasteiger charge is -2.32. The van der Waals surface area contributed by atoms with Crippen molar-refractivity contribution >= 4 is 50.7 Å². The first-order valence-electron chi connectivity index (χ1n) is 17.9.